The van der Waals surface area contributed by atoms with Crippen molar-refractivity contribution < 1.29 is 23.5 Å². The van der Waals surface area contributed by atoms with Crippen LogP contribution in [0.1, 0.15) is 58.2 Å². The molecule has 0 atom stereocenters. The largest absolute Gasteiger partial charge is 0.462 e. The summed E-state index contributed by atoms with van der Waals surface area (Å²) in [7, 11) is 0. The van der Waals surface area contributed by atoms with Crippen LogP contribution in [0.4, 0.5) is 5.69 Å². The van der Waals surface area contributed by atoms with Gasteiger partial charge in [-0.15, -0.1) is 0 Å². The van der Waals surface area contributed by atoms with Crippen molar-refractivity contribution in [2.45, 2.75) is 41.2 Å². The molecule has 3 aromatic rings. The molecule has 0 bridgehead atoms. The first kappa shape index (κ1) is 29.6. The number of benzene rings is 4. The highest BCUT2D eigenvalue weighted by Crippen LogP contribution is 2.43. The number of anilines is 1. The van der Waals surface area contributed by atoms with Crippen molar-refractivity contribution in [2.24, 2.45) is 4.99 Å². The molecule has 0 radical (unpaired) electrons. The number of hydrogen-bond acceptors (Lipinski definition) is 7. The van der Waals surface area contributed by atoms with Crippen LogP contribution < -0.4 is 10.7 Å². The third-order valence-corrected chi connectivity index (χ3v) is 7.33. The molecule has 1 aliphatic heterocycles. The number of aryl methyl sites for hydroxylation is 2. The lowest BCUT2D eigenvalue weighted by atomic mass is 9.89. The Labute approximate surface area is 251 Å². The molecule has 220 valence electrons. The van der Waals surface area contributed by atoms with E-state index < -0.39 is 5.97 Å². The predicted molar refractivity (Wildman–Crippen MR) is 170 cm³/mol. The molecule has 0 saturated carbocycles. The third kappa shape index (κ3) is 6.16. The topological polar surface area (TPSA) is 90.1 Å². The molecule has 0 aromatic heterocycles. The van der Waals surface area contributed by atoms with Crippen LogP contribution in [0.2, 0.25) is 0 Å². The highest BCUT2D eigenvalue weighted by atomic mass is 16.5. The fourth-order valence-electron chi connectivity index (χ4n) is 5.26. The summed E-state index contributed by atoms with van der Waals surface area (Å²) in [6.45, 7) is 11.8. The lowest BCUT2D eigenvalue weighted by Crippen LogP contribution is -2.10. The Morgan fingerprint density at radius 1 is 0.837 bits per heavy atom. The maximum absolute atomic E-state index is 13.6. The van der Waals surface area contributed by atoms with Crippen LogP contribution >= 0.6 is 0 Å². The van der Waals surface area contributed by atoms with Gasteiger partial charge in [0.05, 0.1) is 23.1 Å². The normalized spacial score (nSPS) is 11.6. The van der Waals surface area contributed by atoms with Crippen LogP contribution in [0.25, 0.3) is 33.4 Å². The molecule has 1 aliphatic carbocycles. The smallest absolute Gasteiger partial charge is 0.339 e. The Hall–Kier alpha value is -4.91. The van der Waals surface area contributed by atoms with Crippen molar-refractivity contribution in [1.82, 2.24) is 0 Å². The Morgan fingerprint density at radius 3 is 2.33 bits per heavy atom. The first-order valence-electron chi connectivity index (χ1n) is 14.6. The van der Waals surface area contributed by atoms with Gasteiger partial charge in [-0.1, -0.05) is 30.3 Å². The fourth-order valence-corrected chi connectivity index (χ4v) is 5.26. The van der Waals surface area contributed by atoms with Gasteiger partial charge in [-0.05, 0) is 87.2 Å². The van der Waals surface area contributed by atoms with E-state index in [1.807, 2.05) is 44.2 Å². The summed E-state index contributed by atoms with van der Waals surface area (Å²) in [6.07, 6.45) is 0. The van der Waals surface area contributed by atoms with E-state index in [-0.39, 0.29) is 12.6 Å². The molecule has 7 heteroatoms. The first-order valence-corrected chi connectivity index (χ1v) is 14.6. The molecule has 0 unspecified atom stereocenters. The van der Waals surface area contributed by atoms with Gasteiger partial charge in [-0.2, -0.15) is 0 Å². The SMILES string of the molecule is CCN=c1cc2oc3cc(NCC)c(C)cc3c(-c3ccccc3C(=O)OCc3ccc(C(=O)OCC)cc3)c-2cc1C. The summed E-state index contributed by atoms with van der Waals surface area (Å²) in [5, 5.41) is 5.20. The fraction of sp³-hybridized carbons (Fsp3) is 0.250. The molecule has 1 heterocycles. The Balaban J connectivity index is 1.60. The van der Waals surface area contributed by atoms with Crippen molar-refractivity contribution in [3.63, 3.8) is 0 Å². The van der Waals surface area contributed by atoms with E-state index in [4.69, 9.17) is 13.9 Å². The van der Waals surface area contributed by atoms with Gasteiger partial charge in [-0.3, -0.25) is 4.99 Å². The first-order chi connectivity index (χ1) is 20.8. The van der Waals surface area contributed by atoms with Gasteiger partial charge in [0.15, 0.2) is 0 Å². The Morgan fingerprint density at radius 2 is 1.60 bits per heavy atom. The Bertz CT molecular complexity index is 1840. The van der Waals surface area contributed by atoms with Crippen molar-refractivity contribution in [2.75, 3.05) is 25.0 Å². The van der Waals surface area contributed by atoms with Crippen molar-refractivity contribution in [3.05, 3.63) is 106 Å². The van der Waals surface area contributed by atoms with Gasteiger partial charge in [0.2, 0.25) is 0 Å². The van der Waals surface area contributed by atoms with E-state index in [2.05, 4.69) is 36.3 Å². The van der Waals surface area contributed by atoms with Crippen LogP contribution in [0.3, 0.4) is 0 Å². The average molecular weight is 577 g/mol. The lowest BCUT2D eigenvalue weighted by molar-refractivity contribution is 0.0470. The van der Waals surface area contributed by atoms with Crippen molar-refractivity contribution in [3.8, 4) is 22.5 Å². The number of rotatable bonds is 9. The standard InChI is InChI=1S/C36H36N2O5/c1-6-37-30-19-32-28(17-22(30)4)34(29-18-23(5)31(38-7-2)20-33(29)43-32)26-11-9-10-12-27(26)36(40)42-21-24-13-15-25(16-14-24)35(39)41-8-3/h9-20,37H,6-8,21H2,1-5H3. The van der Waals surface area contributed by atoms with Gasteiger partial charge in [0.1, 0.15) is 18.0 Å². The number of nitrogens with zero attached hydrogens (tertiary/aromatic N) is 1. The van der Waals surface area contributed by atoms with Gasteiger partial charge in [0.25, 0.3) is 0 Å². The molecule has 43 heavy (non-hydrogen) atoms. The number of carbonyl (C=O) groups excluding carboxylic acids is 2. The van der Waals surface area contributed by atoms with Crippen LogP contribution in [-0.2, 0) is 16.1 Å². The summed E-state index contributed by atoms with van der Waals surface area (Å²) in [6, 6.07) is 22.6. The van der Waals surface area contributed by atoms with Crippen LogP contribution in [0.5, 0.6) is 0 Å². The average Bonchev–Trinajstić information content (AvgIpc) is 3.00. The quantitative estimate of drug-likeness (QED) is 0.143. The summed E-state index contributed by atoms with van der Waals surface area (Å²) < 4.78 is 17.3. The molecule has 0 fully saturated rings. The number of carbonyl (C=O) groups is 2. The molecule has 2 aliphatic rings. The number of fused-ring (bicyclic) bond motifs is 2. The van der Waals surface area contributed by atoms with E-state index in [0.717, 1.165) is 56.4 Å². The number of esters is 2. The van der Waals surface area contributed by atoms with Gasteiger partial charge >= 0.3 is 11.9 Å². The minimum atomic E-state index is -0.442. The highest BCUT2D eigenvalue weighted by Gasteiger charge is 2.23. The second kappa shape index (κ2) is 12.9. The monoisotopic (exact) mass is 576 g/mol. The molecule has 1 N–H and O–H groups in total. The minimum absolute atomic E-state index is 0.0635. The van der Waals surface area contributed by atoms with E-state index in [0.29, 0.717) is 35.6 Å². The number of ether oxygens (including phenoxy) is 2. The zero-order valence-corrected chi connectivity index (χ0v) is 25.2. The molecular weight excluding hydrogens is 540 g/mol. The highest BCUT2D eigenvalue weighted by molar-refractivity contribution is 6.08. The second-order valence-electron chi connectivity index (χ2n) is 10.3. The van der Waals surface area contributed by atoms with Crippen LogP contribution in [-0.4, -0.2) is 31.6 Å². The molecule has 0 spiro atoms. The van der Waals surface area contributed by atoms with Gasteiger partial charge < -0.3 is 19.2 Å². The van der Waals surface area contributed by atoms with Crippen LogP contribution in [0, 0.1) is 13.8 Å². The lowest BCUT2D eigenvalue weighted by Gasteiger charge is -2.20. The molecule has 5 rings (SSSR count). The molecular formula is C36H36N2O5. The zero-order valence-electron chi connectivity index (χ0n) is 25.2. The molecule has 7 nitrogen and oxygen atoms in total. The number of nitrogens with one attached hydrogen (secondary N) is 1. The number of hydrogen-bond donors (Lipinski definition) is 1. The molecule has 0 saturated heterocycles. The minimum Gasteiger partial charge on any atom is -0.462 e. The second-order valence-corrected chi connectivity index (χ2v) is 10.3. The zero-order chi connectivity index (χ0) is 30.5. The summed E-state index contributed by atoms with van der Waals surface area (Å²) in [4.78, 5) is 30.3. The molecule has 3 aromatic carbocycles. The van der Waals surface area contributed by atoms with Crippen molar-refractivity contribution in [1.29, 1.82) is 0 Å². The summed E-state index contributed by atoms with van der Waals surface area (Å²) in [5.41, 5.74) is 8.03. The molecule has 0 amide bonds. The van der Waals surface area contributed by atoms with Crippen LogP contribution in [0.15, 0.2) is 82.2 Å². The Kier molecular flexibility index (Phi) is 8.90. The van der Waals surface area contributed by atoms with Crippen molar-refractivity contribution >= 4 is 28.6 Å². The van der Waals surface area contributed by atoms with Gasteiger partial charge in [-0.25, -0.2) is 9.59 Å². The maximum Gasteiger partial charge on any atom is 0.339 e. The maximum atomic E-state index is 13.6. The van der Waals surface area contributed by atoms with Gasteiger partial charge in [0, 0.05) is 47.4 Å². The summed E-state index contributed by atoms with van der Waals surface area (Å²) in [5.74, 6) is -0.133. The third-order valence-electron chi connectivity index (χ3n) is 7.33. The van der Waals surface area contributed by atoms with E-state index >= 15 is 0 Å². The van der Waals surface area contributed by atoms with E-state index in [1.54, 1.807) is 37.3 Å². The van der Waals surface area contributed by atoms with E-state index in [9.17, 15) is 9.59 Å². The van der Waals surface area contributed by atoms with E-state index in [1.165, 1.54) is 0 Å². The summed E-state index contributed by atoms with van der Waals surface area (Å²) >= 11 is 0. The predicted octanol–water partition coefficient (Wildman–Crippen LogP) is 7.71.